The van der Waals surface area contributed by atoms with Crippen molar-refractivity contribution in [3.05, 3.63) is 108 Å². The monoisotopic (exact) mass is 820 g/mol. The zero-order chi connectivity index (χ0) is 40.2. The van der Waals surface area contributed by atoms with Crippen molar-refractivity contribution in [2.75, 3.05) is 27.3 Å². The van der Waals surface area contributed by atoms with Crippen LogP contribution >= 0.6 is 22.7 Å². The standard InChI is InChI=1S/C40H40N10O6S2/c1-55-39(53)47-31(23-11-5-3-6-12-23)37(51)49-17-9-15-27(49)33-41-19-25(45-33)35-43-21-29(57-35)30-22-44-36(58-30)26-20-42-34(46-26)28-16-10-18-50(28)38(52)32(48-40(54)56-2)24-13-7-4-8-14-24/h3-8,11-14,19-22,27-28,31-32H,9-10,15-18H2,1-2H3,(H,41,45)(H,42,46)(H,47,53)(H,48,54)/t27-,28-,31+,32+/m0/s1. The average Bonchev–Trinajstić information content (AvgIpc) is 4.11. The minimum atomic E-state index is -0.904. The van der Waals surface area contributed by atoms with Crippen LogP contribution < -0.4 is 10.6 Å². The molecule has 6 aromatic rings. The van der Waals surface area contributed by atoms with E-state index in [4.69, 9.17) is 9.47 Å². The third-order valence-corrected chi connectivity index (χ3v) is 12.5. The summed E-state index contributed by atoms with van der Waals surface area (Å²) in [7, 11) is 2.54. The number of likely N-dealkylation sites (tertiary alicyclic amines) is 2. The number of hydrogen-bond donors (Lipinski definition) is 4. The topological polar surface area (TPSA) is 200 Å². The molecule has 0 spiro atoms. The Morgan fingerprint density at radius 3 is 1.45 bits per heavy atom. The largest absolute Gasteiger partial charge is 0.453 e. The second kappa shape index (κ2) is 17.0. The lowest BCUT2D eigenvalue weighted by molar-refractivity contribution is -0.135. The van der Waals surface area contributed by atoms with Crippen molar-refractivity contribution in [2.24, 2.45) is 0 Å². The van der Waals surface area contributed by atoms with Gasteiger partial charge in [0, 0.05) is 25.5 Å². The molecular formula is C40H40N10O6S2. The molecule has 2 aliphatic rings. The molecule has 0 unspecified atom stereocenters. The number of benzene rings is 2. The second-order valence-electron chi connectivity index (χ2n) is 13.8. The van der Waals surface area contributed by atoms with Crippen LogP contribution in [0.25, 0.3) is 31.2 Å². The Kier molecular flexibility index (Phi) is 11.3. The highest BCUT2D eigenvalue weighted by Gasteiger charge is 2.38. The van der Waals surface area contributed by atoms with Crippen LogP contribution in [0.3, 0.4) is 0 Å². The lowest BCUT2D eigenvalue weighted by atomic mass is 10.1. The van der Waals surface area contributed by atoms with Gasteiger partial charge in [-0.3, -0.25) is 9.59 Å². The molecule has 16 nitrogen and oxygen atoms in total. The molecule has 0 aliphatic carbocycles. The Balaban J connectivity index is 0.952. The Morgan fingerprint density at radius 2 is 1.05 bits per heavy atom. The smallest absolute Gasteiger partial charge is 0.407 e. The van der Waals surface area contributed by atoms with Crippen LogP contribution in [-0.4, -0.2) is 91.0 Å². The molecule has 4 N–H and O–H groups in total. The summed E-state index contributed by atoms with van der Waals surface area (Å²) in [6.07, 6.45) is 8.72. The molecule has 2 saturated heterocycles. The number of imidazole rings is 2. The maximum absolute atomic E-state index is 13.9. The lowest BCUT2D eigenvalue weighted by Crippen LogP contribution is -2.42. The first-order valence-electron chi connectivity index (χ1n) is 18.7. The third kappa shape index (κ3) is 7.92. The molecule has 0 saturated carbocycles. The molecule has 6 heterocycles. The van der Waals surface area contributed by atoms with Gasteiger partial charge in [-0.1, -0.05) is 60.7 Å². The fourth-order valence-corrected chi connectivity index (χ4v) is 9.26. The number of methoxy groups -OCH3 is 2. The average molecular weight is 821 g/mol. The van der Waals surface area contributed by atoms with Crippen molar-refractivity contribution in [2.45, 2.75) is 49.9 Å². The van der Waals surface area contributed by atoms with E-state index < -0.39 is 24.3 Å². The van der Waals surface area contributed by atoms with Crippen molar-refractivity contribution >= 4 is 46.7 Å². The third-order valence-electron chi connectivity index (χ3n) is 10.3. The molecule has 4 aromatic heterocycles. The predicted molar refractivity (Wildman–Crippen MR) is 215 cm³/mol. The van der Waals surface area contributed by atoms with Crippen molar-refractivity contribution in [1.82, 2.24) is 50.3 Å². The molecule has 8 rings (SSSR count). The van der Waals surface area contributed by atoms with E-state index in [0.29, 0.717) is 35.9 Å². The molecule has 4 amide bonds. The first-order chi connectivity index (χ1) is 28.3. The minimum absolute atomic E-state index is 0.238. The van der Waals surface area contributed by atoms with Gasteiger partial charge in [0.1, 0.15) is 33.7 Å². The zero-order valence-corrected chi connectivity index (χ0v) is 33.2. The van der Waals surface area contributed by atoms with E-state index >= 15 is 0 Å². The van der Waals surface area contributed by atoms with Gasteiger partial charge in [-0.15, -0.1) is 22.7 Å². The first-order valence-corrected chi connectivity index (χ1v) is 20.4. The Morgan fingerprint density at radius 1 is 0.638 bits per heavy atom. The number of H-pyrrole nitrogens is 2. The van der Waals surface area contributed by atoms with Gasteiger partial charge < -0.3 is 39.9 Å². The van der Waals surface area contributed by atoms with Crippen LogP contribution in [0, 0.1) is 0 Å². The van der Waals surface area contributed by atoms with Crippen molar-refractivity contribution in [3.8, 4) is 31.2 Å². The number of rotatable bonds is 11. The highest BCUT2D eigenvalue weighted by atomic mass is 32.1. The summed E-state index contributed by atoms with van der Waals surface area (Å²) in [5.74, 6) is 0.821. The molecule has 2 aromatic carbocycles. The van der Waals surface area contributed by atoms with E-state index in [1.807, 2.05) is 36.4 Å². The van der Waals surface area contributed by atoms with Crippen LogP contribution in [0.2, 0.25) is 0 Å². The van der Waals surface area contributed by atoms with E-state index in [0.717, 1.165) is 56.8 Å². The molecular weight excluding hydrogens is 781 g/mol. The van der Waals surface area contributed by atoms with Gasteiger partial charge in [0.2, 0.25) is 0 Å². The summed E-state index contributed by atoms with van der Waals surface area (Å²) in [5.41, 5.74) is 2.78. The number of aromatic amines is 2. The quantitative estimate of drug-likeness (QED) is 0.111. The fraction of sp³-hybridized carbons (Fsp3) is 0.300. The van der Waals surface area contributed by atoms with Crippen LogP contribution in [0.5, 0.6) is 0 Å². The van der Waals surface area contributed by atoms with Gasteiger partial charge in [0.15, 0.2) is 0 Å². The number of hydrogen-bond acceptors (Lipinski definition) is 12. The second-order valence-corrected chi connectivity index (χ2v) is 15.8. The van der Waals surface area contributed by atoms with Crippen molar-refractivity contribution in [1.29, 1.82) is 0 Å². The van der Waals surface area contributed by atoms with Gasteiger partial charge in [-0.05, 0) is 36.8 Å². The maximum atomic E-state index is 13.9. The number of amides is 4. The maximum Gasteiger partial charge on any atom is 0.407 e. The summed E-state index contributed by atoms with van der Waals surface area (Å²) in [6.45, 7) is 1.05. The van der Waals surface area contributed by atoms with Gasteiger partial charge in [-0.25, -0.2) is 29.5 Å². The number of alkyl carbamates (subject to hydrolysis) is 2. The summed E-state index contributed by atoms with van der Waals surface area (Å²) >= 11 is 2.99. The molecule has 2 aliphatic heterocycles. The SMILES string of the molecule is COC(=O)N[C@@H](C(=O)N1CCC[C@H]1c1ncc(-c2ncc(-c3cnc(-c4cnc([C@@H]5CCCN5C(=O)[C@H](NC(=O)OC)c5ccccc5)[nH]4)s3)s2)[nH]1)c1ccccc1. The van der Waals surface area contributed by atoms with Gasteiger partial charge >= 0.3 is 12.2 Å². The molecule has 298 valence electrons. The highest BCUT2D eigenvalue weighted by Crippen LogP contribution is 2.40. The van der Waals surface area contributed by atoms with E-state index in [1.165, 1.54) is 36.9 Å². The Bertz CT molecular complexity index is 2230. The summed E-state index contributed by atoms with van der Waals surface area (Å²) in [5, 5.41) is 6.87. The van der Waals surface area contributed by atoms with E-state index in [2.05, 4.69) is 40.5 Å². The van der Waals surface area contributed by atoms with Gasteiger partial charge in [-0.2, -0.15) is 0 Å². The summed E-state index contributed by atoms with van der Waals surface area (Å²) in [4.78, 5) is 83.1. The first kappa shape index (κ1) is 38.5. The van der Waals surface area contributed by atoms with Crippen LogP contribution in [-0.2, 0) is 19.1 Å². The molecule has 0 radical (unpaired) electrons. The van der Waals surface area contributed by atoms with Crippen molar-refractivity contribution < 1.29 is 28.7 Å². The number of carbonyl (C=O) groups excluding carboxylic acids is 4. The van der Waals surface area contributed by atoms with Crippen molar-refractivity contribution in [3.63, 3.8) is 0 Å². The number of aromatic nitrogens is 6. The van der Waals surface area contributed by atoms with Gasteiger partial charge in [0.25, 0.3) is 11.8 Å². The highest BCUT2D eigenvalue weighted by molar-refractivity contribution is 7.24. The Hall–Kier alpha value is -6.40. The molecule has 18 heteroatoms. The van der Waals surface area contributed by atoms with Crippen LogP contribution in [0.15, 0.2) is 85.5 Å². The number of ether oxygens (including phenoxy) is 2. The normalized spacial score (nSPS) is 17.5. The van der Waals surface area contributed by atoms with Crippen LogP contribution in [0.4, 0.5) is 9.59 Å². The molecule has 4 atom stereocenters. The van der Waals surface area contributed by atoms with Gasteiger partial charge in [0.05, 0.1) is 59.8 Å². The minimum Gasteiger partial charge on any atom is -0.453 e. The summed E-state index contributed by atoms with van der Waals surface area (Å²) in [6, 6.07) is 15.8. The van der Waals surface area contributed by atoms with E-state index in [9.17, 15) is 19.2 Å². The number of nitrogens with one attached hydrogen (secondary N) is 4. The number of nitrogens with zero attached hydrogens (tertiary/aromatic N) is 6. The zero-order valence-electron chi connectivity index (χ0n) is 31.6. The van der Waals surface area contributed by atoms with Crippen LogP contribution in [0.1, 0.15) is 72.6 Å². The number of carbonyl (C=O) groups is 4. The van der Waals surface area contributed by atoms with E-state index in [1.54, 1.807) is 58.9 Å². The lowest BCUT2D eigenvalue weighted by Gasteiger charge is -2.28. The molecule has 58 heavy (non-hydrogen) atoms. The summed E-state index contributed by atoms with van der Waals surface area (Å²) < 4.78 is 9.64. The number of thiazole rings is 2. The van der Waals surface area contributed by atoms with E-state index in [-0.39, 0.29) is 23.9 Å². The Labute approximate surface area is 341 Å². The molecule has 0 bridgehead atoms. The predicted octanol–water partition coefficient (Wildman–Crippen LogP) is 6.57. The fourth-order valence-electron chi connectivity index (χ4n) is 7.44. The molecule has 2 fully saturated rings.